The van der Waals surface area contributed by atoms with Gasteiger partial charge in [0.1, 0.15) is 0 Å². The van der Waals surface area contributed by atoms with Crippen molar-refractivity contribution in [2.75, 3.05) is 0 Å². The van der Waals surface area contributed by atoms with Crippen LogP contribution in [-0.2, 0) is 18.3 Å². The van der Waals surface area contributed by atoms with Gasteiger partial charge in [-0.2, -0.15) is 5.10 Å². The van der Waals surface area contributed by atoms with E-state index in [-0.39, 0.29) is 18.0 Å². The number of aliphatic hydroxyl groups is 1. The number of imidazole rings is 1. The molecule has 2 N–H and O–H groups in total. The van der Waals surface area contributed by atoms with E-state index >= 15 is 0 Å². The van der Waals surface area contributed by atoms with Crippen LogP contribution in [-0.4, -0.2) is 42.5 Å². The Labute approximate surface area is 135 Å². The lowest BCUT2D eigenvalue weighted by molar-refractivity contribution is -0.121. The summed E-state index contributed by atoms with van der Waals surface area (Å²) in [5.74, 6) is -0.0699. The molecule has 0 spiro atoms. The Kier molecular flexibility index (Phi) is 4.21. The molecule has 1 fully saturated rings. The van der Waals surface area contributed by atoms with Crippen molar-refractivity contribution < 1.29 is 9.90 Å². The van der Waals surface area contributed by atoms with E-state index in [9.17, 15) is 9.90 Å². The van der Waals surface area contributed by atoms with Crippen LogP contribution in [0.3, 0.4) is 0 Å². The SMILES string of the molecule is Cc1nn(C)c(C)c1CC(=O)N[C@@H]1CC[C@@H](n2ccnc2)[C@@H]1O. The van der Waals surface area contributed by atoms with Gasteiger partial charge in [-0.05, 0) is 26.7 Å². The molecule has 1 saturated carbocycles. The zero-order valence-corrected chi connectivity index (χ0v) is 13.7. The second kappa shape index (κ2) is 6.16. The highest BCUT2D eigenvalue weighted by Crippen LogP contribution is 2.30. The third-order valence-corrected chi connectivity index (χ3v) is 4.83. The predicted octanol–water partition coefficient (Wildman–Crippen LogP) is 0.657. The molecular formula is C16H23N5O2. The van der Waals surface area contributed by atoms with Gasteiger partial charge in [-0.15, -0.1) is 0 Å². The first-order valence-corrected chi connectivity index (χ1v) is 7.91. The second-order valence-corrected chi connectivity index (χ2v) is 6.27. The Balaban J connectivity index is 1.62. The molecule has 0 radical (unpaired) electrons. The Hall–Kier alpha value is -2.15. The van der Waals surface area contributed by atoms with Crippen LogP contribution < -0.4 is 5.32 Å². The topological polar surface area (TPSA) is 85.0 Å². The second-order valence-electron chi connectivity index (χ2n) is 6.27. The normalized spacial score (nSPS) is 24.1. The number of aryl methyl sites for hydroxylation is 2. The van der Waals surface area contributed by atoms with E-state index in [2.05, 4.69) is 15.4 Å². The summed E-state index contributed by atoms with van der Waals surface area (Å²) < 4.78 is 3.70. The van der Waals surface area contributed by atoms with Gasteiger partial charge >= 0.3 is 0 Å². The number of aliphatic hydroxyl groups excluding tert-OH is 1. The largest absolute Gasteiger partial charge is 0.389 e. The van der Waals surface area contributed by atoms with Crippen LogP contribution in [0.15, 0.2) is 18.7 Å². The van der Waals surface area contributed by atoms with Crippen molar-refractivity contribution in [1.82, 2.24) is 24.6 Å². The molecule has 0 aliphatic heterocycles. The average molecular weight is 317 g/mol. The van der Waals surface area contributed by atoms with Crippen molar-refractivity contribution in [3.63, 3.8) is 0 Å². The van der Waals surface area contributed by atoms with E-state index in [0.29, 0.717) is 6.42 Å². The van der Waals surface area contributed by atoms with Crippen LogP contribution in [0.2, 0.25) is 0 Å². The number of nitrogens with one attached hydrogen (secondary N) is 1. The molecule has 3 atom stereocenters. The Morgan fingerprint density at radius 2 is 2.22 bits per heavy atom. The fraction of sp³-hybridized carbons (Fsp3) is 0.562. The third kappa shape index (κ3) is 3.01. The van der Waals surface area contributed by atoms with Crippen molar-refractivity contribution in [2.24, 2.45) is 7.05 Å². The number of nitrogens with zero attached hydrogens (tertiary/aromatic N) is 4. The van der Waals surface area contributed by atoms with E-state index in [1.54, 1.807) is 17.2 Å². The Morgan fingerprint density at radius 1 is 1.43 bits per heavy atom. The summed E-state index contributed by atoms with van der Waals surface area (Å²) in [5, 5.41) is 17.8. The summed E-state index contributed by atoms with van der Waals surface area (Å²) in [6.45, 7) is 3.87. The minimum atomic E-state index is -0.593. The summed E-state index contributed by atoms with van der Waals surface area (Å²) in [5.41, 5.74) is 2.84. The van der Waals surface area contributed by atoms with E-state index in [1.807, 2.05) is 31.7 Å². The number of carbonyl (C=O) groups is 1. The highest BCUT2D eigenvalue weighted by molar-refractivity contribution is 5.79. The van der Waals surface area contributed by atoms with Crippen LogP contribution in [0.1, 0.15) is 35.8 Å². The molecule has 23 heavy (non-hydrogen) atoms. The monoisotopic (exact) mass is 317 g/mol. The van der Waals surface area contributed by atoms with E-state index in [1.165, 1.54) is 0 Å². The van der Waals surface area contributed by atoms with Crippen LogP contribution in [0.5, 0.6) is 0 Å². The minimum absolute atomic E-state index is 0.0235. The molecule has 2 aromatic heterocycles. The third-order valence-electron chi connectivity index (χ3n) is 4.83. The van der Waals surface area contributed by atoms with Gasteiger partial charge in [-0.25, -0.2) is 4.98 Å². The van der Waals surface area contributed by atoms with Gasteiger partial charge in [-0.3, -0.25) is 9.48 Å². The van der Waals surface area contributed by atoms with Gasteiger partial charge in [0, 0.05) is 30.7 Å². The lowest BCUT2D eigenvalue weighted by atomic mass is 10.1. The molecule has 0 bridgehead atoms. The number of amides is 1. The molecule has 1 aliphatic carbocycles. The predicted molar refractivity (Wildman–Crippen MR) is 84.8 cm³/mol. The highest BCUT2D eigenvalue weighted by Gasteiger charge is 2.36. The molecule has 1 aliphatic rings. The maximum absolute atomic E-state index is 12.3. The lowest BCUT2D eigenvalue weighted by Gasteiger charge is -2.21. The summed E-state index contributed by atoms with van der Waals surface area (Å²) in [4.78, 5) is 16.4. The maximum Gasteiger partial charge on any atom is 0.224 e. The van der Waals surface area contributed by atoms with Crippen molar-refractivity contribution in [3.8, 4) is 0 Å². The fourth-order valence-corrected chi connectivity index (χ4v) is 3.40. The van der Waals surface area contributed by atoms with Gasteiger partial charge in [0.05, 0.1) is 36.6 Å². The van der Waals surface area contributed by atoms with E-state index in [0.717, 1.165) is 29.8 Å². The highest BCUT2D eigenvalue weighted by atomic mass is 16.3. The van der Waals surface area contributed by atoms with Crippen LogP contribution in [0, 0.1) is 13.8 Å². The minimum Gasteiger partial charge on any atom is -0.389 e. The maximum atomic E-state index is 12.3. The van der Waals surface area contributed by atoms with Gasteiger partial charge in [0.25, 0.3) is 0 Å². The first-order chi connectivity index (χ1) is 11.0. The summed E-state index contributed by atoms with van der Waals surface area (Å²) in [6, 6.07) is -0.239. The first kappa shape index (κ1) is 15.7. The average Bonchev–Trinajstić information content (AvgIpc) is 3.19. The van der Waals surface area contributed by atoms with Crippen molar-refractivity contribution >= 4 is 5.91 Å². The molecule has 124 valence electrons. The van der Waals surface area contributed by atoms with Crippen molar-refractivity contribution in [1.29, 1.82) is 0 Å². The van der Waals surface area contributed by atoms with Crippen LogP contribution in [0.25, 0.3) is 0 Å². The van der Waals surface area contributed by atoms with Crippen molar-refractivity contribution in [2.45, 2.75) is 51.3 Å². The molecular weight excluding hydrogens is 294 g/mol. The lowest BCUT2D eigenvalue weighted by Crippen LogP contribution is -2.42. The Bertz CT molecular complexity index is 692. The Morgan fingerprint density at radius 3 is 2.83 bits per heavy atom. The number of rotatable bonds is 4. The van der Waals surface area contributed by atoms with Gasteiger partial charge in [0.15, 0.2) is 0 Å². The van der Waals surface area contributed by atoms with Crippen molar-refractivity contribution in [3.05, 3.63) is 35.7 Å². The zero-order chi connectivity index (χ0) is 16.6. The number of hydrogen-bond acceptors (Lipinski definition) is 4. The summed E-state index contributed by atoms with van der Waals surface area (Å²) >= 11 is 0. The smallest absolute Gasteiger partial charge is 0.224 e. The zero-order valence-electron chi connectivity index (χ0n) is 13.7. The standard InChI is InChI=1S/C16H23N5O2/c1-10-12(11(2)20(3)19-10)8-15(22)18-13-4-5-14(16(13)23)21-7-6-17-9-21/h6-7,9,13-14,16,23H,4-5,8H2,1-3H3,(H,18,22)/t13-,14-,16-/m1/s1. The molecule has 1 amide bonds. The van der Waals surface area contributed by atoms with Gasteiger partial charge in [-0.1, -0.05) is 0 Å². The molecule has 0 saturated heterocycles. The summed E-state index contributed by atoms with van der Waals surface area (Å²) in [7, 11) is 1.88. The van der Waals surface area contributed by atoms with E-state index in [4.69, 9.17) is 0 Å². The molecule has 3 rings (SSSR count). The quantitative estimate of drug-likeness (QED) is 0.867. The van der Waals surface area contributed by atoms with E-state index < -0.39 is 6.10 Å². The molecule has 7 heteroatoms. The summed E-state index contributed by atoms with van der Waals surface area (Å²) in [6.07, 6.45) is 6.55. The number of carbonyl (C=O) groups excluding carboxylic acids is 1. The van der Waals surface area contributed by atoms with Gasteiger partial charge in [0.2, 0.25) is 5.91 Å². The molecule has 0 unspecified atom stereocenters. The number of aromatic nitrogens is 4. The van der Waals surface area contributed by atoms with Crippen LogP contribution >= 0.6 is 0 Å². The fourth-order valence-electron chi connectivity index (χ4n) is 3.40. The molecule has 0 aromatic carbocycles. The number of hydrogen-bond donors (Lipinski definition) is 2. The van der Waals surface area contributed by atoms with Gasteiger partial charge < -0.3 is 15.0 Å². The molecule has 2 aromatic rings. The molecule has 2 heterocycles. The first-order valence-electron chi connectivity index (χ1n) is 7.91. The van der Waals surface area contributed by atoms with Crippen LogP contribution in [0.4, 0.5) is 0 Å². The molecule has 7 nitrogen and oxygen atoms in total.